The monoisotopic (exact) mass is 372 g/mol. The first-order valence-corrected chi connectivity index (χ1v) is 8.51. The maximum atomic E-state index is 9.35. The molecule has 2 aromatic carbocycles. The zero-order valence-corrected chi connectivity index (χ0v) is 14.5. The van der Waals surface area contributed by atoms with E-state index in [1.165, 1.54) is 11.3 Å². The largest absolute Gasteiger partial charge is 0.276 e. The number of aromatic nitrogens is 1. The number of nitriles is 1. The summed E-state index contributed by atoms with van der Waals surface area (Å²) in [5.41, 5.74) is 5.27. The number of hydrogen-bond acceptors (Lipinski definition) is 5. The number of rotatable bonds is 4. The third-order valence-electron chi connectivity index (χ3n) is 3.10. The van der Waals surface area contributed by atoms with Gasteiger partial charge in [0.1, 0.15) is 6.07 Å². The van der Waals surface area contributed by atoms with Crippen molar-refractivity contribution in [2.24, 2.45) is 5.10 Å². The number of thiazole rings is 1. The molecular formula is C17H10Cl2N4S. The normalized spacial score (nSPS) is 11.1. The topological polar surface area (TPSA) is 61.1 Å². The van der Waals surface area contributed by atoms with Crippen molar-refractivity contribution in [1.29, 1.82) is 5.26 Å². The molecule has 0 radical (unpaired) electrons. The van der Waals surface area contributed by atoms with Crippen molar-refractivity contribution in [3.63, 3.8) is 0 Å². The van der Waals surface area contributed by atoms with E-state index in [4.69, 9.17) is 23.2 Å². The predicted molar refractivity (Wildman–Crippen MR) is 99.8 cm³/mol. The van der Waals surface area contributed by atoms with Crippen LogP contribution in [0.3, 0.4) is 0 Å². The highest BCUT2D eigenvalue weighted by molar-refractivity contribution is 7.12. The van der Waals surface area contributed by atoms with Gasteiger partial charge in [-0.05, 0) is 18.2 Å². The van der Waals surface area contributed by atoms with Crippen LogP contribution in [-0.2, 0) is 0 Å². The van der Waals surface area contributed by atoms with Crippen LogP contribution in [0.5, 0.6) is 0 Å². The summed E-state index contributed by atoms with van der Waals surface area (Å²) < 4.78 is 0. The van der Waals surface area contributed by atoms with Crippen LogP contribution >= 0.6 is 34.5 Å². The average molecular weight is 373 g/mol. The number of nitrogens with zero attached hydrogens (tertiary/aromatic N) is 3. The Morgan fingerprint density at radius 2 is 1.96 bits per heavy atom. The van der Waals surface area contributed by atoms with E-state index < -0.39 is 0 Å². The van der Waals surface area contributed by atoms with Gasteiger partial charge in [-0.15, -0.1) is 11.3 Å². The number of hydrazone groups is 1. The maximum Gasteiger partial charge on any atom is 0.196 e. The number of anilines is 1. The molecule has 0 saturated heterocycles. The molecule has 0 aliphatic carbocycles. The average Bonchev–Trinajstić information content (AvgIpc) is 3.09. The van der Waals surface area contributed by atoms with Gasteiger partial charge in [-0.1, -0.05) is 53.5 Å². The van der Waals surface area contributed by atoms with Crippen molar-refractivity contribution in [3.8, 4) is 17.3 Å². The second kappa shape index (κ2) is 7.45. The zero-order chi connectivity index (χ0) is 16.9. The summed E-state index contributed by atoms with van der Waals surface area (Å²) in [5, 5.41) is 16.9. The fourth-order valence-electron chi connectivity index (χ4n) is 1.94. The minimum Gasteiger partial charge on any atom is -0.276 e. The summed E-state index contributed by atoms with van der Waals surface area (Å²) in [6, 6.07) is 16.8. The molecule has 0 amide bonds. The Balaban J connectivity index is 1.86. The predicted octanol–water partition coefficient (Wildman–Crippen LogP) is 5.46. The van der Waals surface area contributed by atoms with Crippen LogP contribution in [-0.4, -0.2) is 10.7 Å². The Hall–Kier alpha value is -2.39. The lowest BCUT2D eigenvalue weighted by Gasteiger charge is -2.03. The van der Waals surface area contributed by atoms with Crippen molar-refractivity contribution in [2.75, 3.05) is 5.43 Å². The first-order valence-electron chi connectivity index (χ1n) is 6.87. The first kappa shape index (κ1) is 16.5. The van der Waals surface area contributed by atoms with Crippen molar-refractivity contribution in [3.05, 3.63) is 69.0 Å². The molecule has 0 unspecified atom stereocenters. The number of nitrogens with one attached hydrogen (secondary N) is 1. The molecule has 1 N–H and O–H groups in total. The van der Waals surface area contributed by atoms with Crippen molar-refractivity contribution < 1.29 is 0 Å². The molecule has 0 saturated carbocycles. The smallest absolute Gasteiger partial charge is 0.196 e. The summed E-state index contributed by atoms with van der Waals surface area (Å²) in [4.78, 5) is 4.47. The summed E-state index contributed by atoms with van der Waals surface area (Å²) in [6.45, 7) is 0. The minimum absolute atomic E-state index is 0.179. The standard InChI is InChI=1S/C17H10Cl2N4S/c18-12-6-7-13(19)14(8-12)22-23-15(9-20)17-21-16(10-24-17)11-4-2-1-3-5-11/h1-8,10,22H/b23-15+. The van der Waals surface area contributed by atoms with E-state index in [0.29, 0.717) is 20.7 Å². The van der Waals surface area contributed by atoms with Gasteiger partial charge in [0.05, 0.1) is 16.4 Å². The van der Waals surface area contributed by atoms with Crippen LogP contribution in [0.1, 0.15) is 5.01 Å². The van der Waals surface area contributed by atoms with Crippen molar-refractivity contribution in [2.45, 2.75) is 0 Å². The van der Waals surface area contributed by atoms with E-state index >= 15 is 0 Å². The third-order valence-corrected chi connectivity index (χ3v) is 4.51. The molecule has 0 aliphatic rings. The quantitative estimate of drug-likeness (QED) is 0.488. The van der Waals surface area contributed by atoms with Gasteiger partial charge >= 0.3 is 0 Å². The van der Waals surface area contributed by atoms with Gasteiger partial charge < -0.3 is 0 Å². The molecule has 0 atom stereocenters. The minimum atomic E-state index is 0.179. The van der Waals surface area contributed by atoms with E-state index in [1.54, 1.807) is 18.2 Å². The number of halogens is 2. The van der Waals surface area contributed by atoms with E-state index in [0.717, 1.165) is 11.3 Å². The van der Waals surface area contributed by atoms with Gasteiger partial charge in [0, 0.05) is 16.0 Å². The van der Waals surface area contributed by atoms with Gasteiger partial charge in [-0.3, -0.25) is 5.43 Å². The Morgan fingerprint density at radius 1 is 1.17 bits per heavy atom. The summed E-state index contributed by atoms with van der Waals surface area (Å²) in [6.07, 6.45) is 0. The molecule has 4 nitrogen and oxygen atoms in total. The Labute approximate surface area is 153 Å². The second-order valence-corrected chi connectivity index (χ2v) is 6.41. The maximum absolute atomic E-state index is 9.35. The van der Waals surface area contributed by atoms with E-state index in [-0.39, 0.29) is 5.71 Å². The van der Waals surface area contributed by atoms with Crippen LogP contribution in [0.15, 0.2) is 59.0 Å². The highest BCUT2D eigenvalue weighted by Gasteiger charge is 2.10. The lowest BCUT2D eigenvalue weighted by molar-refractivity contribution is 1.31. The summed E-state index contributed by atoms with van der Waals surface area (Å²) in [5.74, 6) is 0. The number of hydrogen-bond donors (Lipinski definition) is 1. The van der Waals surface area contributed by atoms with E-state index in [1.807, 2.05) is 41.8 Å². The van der Waals surface area contributed by atoms with Crippen LogP contribution in [0, 0.1) is 11.3 Å². The number of benzene rings is 2. The van der Waals surface area contributed by atoms with E-state index in [2.05, 4.69) is 15.5 Å². The van der Waals surface area contributed by atoms with Crippen LogP contribution in [0.4, 0.5) is 5.69 Å². The van der Waals surface area contributed by atoms with Gasteiger partial charge in [-0.2, -0.15) is 10.4 Å². The van der Waals surface area contributed by atoms with Crippen LogP contribution in [0.25, 0.3) is 11.3 Å². The lowest BCUT2D eigenvalue weighted by Crippen LogP contribution is -2.01. The highest BCUT2D eigenvalue weighted by Crippen LogP contribution is 2.26. The fraction of sp³-hybridized carbons (Fsp3) is 0. The first-order chi connectivity index (χ1) is 11.7. The molecule has 1 heterocycles. The third kappa shape index (κ3) is 3.74. The summed E-state index contributed by atoms with van der Waals surface area (Å²) in [7, 11) is 0. The van der Waals surface area contributed by atoms with Crippen LogP contribution < -0.4 is 5.43 Å². The zero-order valence-electron chi connectivity index (χ0n) is 12.2. The molecule has 1 aromatic heterocycles. The molecule has 118 valence electrons. The second-order valence-electron chi connectivity index (χ2n) is 4.71. The highest BCUT2D eigenvalue weighted by atomic mass is 35.5. The Bertz CT molecular complexity index is 929. The molecule has 0 fully saturated rings. The van der Waals surface area contributed by atoms with Gasteiger partial charge in [0.25, 0.3) is 0 Å². The van der Waals surface area contributed by atoms with Crippen LogP contribution in [0.2, 0.25) is 10.0 Å². The Morgan fingerprint density at radius 3 is 2.71 bits per heavy atom. The molecule has 3 rings (SSSR count). The summed E-state index contributed by atoms with van der Waals surface area (Å²) >= 11 is 13.4. The molecular weight excluding hydrogens is 363 g/mol. The lowest BCUT2D eigenvalue weighted by atomic mass is 10.2. The Kier molecular flexibility index (Phi) is 5.11. The van der Waals surface area contributed by atoms with Gasteiger partial charge in [0.15, 0.2) is 10.7 Å². The van der Waals surface area contributed by atoms with Crippen molar-refractivity contribution >= 4 is 45.9 Å². The fourth-order valence-corrected chi connectivity index (χ4v) is 3.04. The molecule has 0 aliphatic heterocycles. The van der Waals surface area contributed by atoms with E-state index in [9.17, 15) is 5.26 Å². The molecule has 3 aromatic rings. The molecule has 7 heteroatoms. The SMILES string of the molecule is N#C/C(=N\Nc1cc(Cl)ccc1Cl)c1nc(-c2ccccc2)cs1. The van der Waals surface area contributed by atoms with Crippen molar-refractivity contribution in [1.82, 2.24) is 4.98 Å². The van der Waals surface area contributed by atoms with Gasteiger partial charge in [-0.25, -0.2) is 4.98 Å². The van der Waals surface area contributed by atoms with Gasteiger partial charge in [0.2, 0.25) is 0 Å². The molecule has 0 bridgehead atoms. The molecule has 24 heavy (non-hydrogen) atoms. The molecule has 0 spiro atoms.